The molecule has 0 saturated carbocycles. The van der Waals surface area contributed by atoms with Gasteiger partial charge in [0.25, 0.3) is 0 Å². The summed E-state index contributed by atoms with van der Waals surface area (Å²) in [4.78, 5) is 11.7. The molecule has 84 valence electrons. The van der Waals surface area contributed by atoms with Gasteiger partial charge in [0, 0.05) is 31.2 Å². The van der Waals surface area contributed by atoms with Crippen LogP contribution in [0, 0.1) is 5.41 Å². The zero-order valence-electron chi connectivity index (χ0n) is 9.25. The molecule has 0 saturated heterocycles. The lowest BCUT2D eigenvalue weighted by Gasteiger charge is -2.19. The van der Waals surface area contributed by atoms with Crippen molar-refractivity contribution in [3.63, 3.8) is 0 Å². The van der Waals surface area contributed by atoms with Gasteiger partial charge in [-0.3, -0.25) is 9.48 Å². The monoisotopic (exact) mass is 229 g/mol. The zero-order chi connectivity index (χ0) is 11.5. The summed E-state index contributed by atoms with van der Waals surface area (Å²) in [5.41, 5.74) is 0.459. The number of alkyl halides is 1. The summed E-state index contributed by atoms with van der Waals surface area (Å²) < 4.78 is 1.70. The summed E-state index contributed by atoms with van der Waals surface area (Å²) in [6.07, 6.45) is 3.60. The Hall–Kier alpha value is -1.03. The fourth-order valence-electron chi connectivity index (χ4n) is 1.05. The van der Waals surface area contributed by atoms with Gasteiger partial charge >= 0.3 is 0 Å². The number of aromatic nitrogens is 2. The maximum Gasteiger partial charge on any atom is 0.227 e. The quantitative estimate of drug-likeness (QED) is 0.792. The molecule has 1 aromatic heterocycles. The molecule has 1 amide bonds. The molecule has 0 aromatic carbocycles. The van der Waals surface area contributed by atoms with Crippen LogP contribution in [-0.2, 0) is 18.4 Å². The van der Waals surface area contributed by atoms with E-state index in [1.54, 1.807) is 10.9 Å². The number of nitrogens with zero attached hydrogens (tertiary/aromatic N) is 2. The minimum atomic E-state index is -0.524. The molecule has 0 radical (unpaired) electrons. The number of carbonyl (C=O) groups is 1. The third-order valence-electron chi connectivity index (χ3n) is 2.16. The van der Waals surface area contributed by atoms with Gasteiger partial charge in [0.2, 0.25) is 5.91 Å². The van der Waals surface area contributed by atoms with Crippen LogP contribution in [0.1, 0.15) is 19.4 Å². The van der Waals surface area contributed by atoms with Gasteiger partial charge in [-0.1, -0.05) is 0 Å². The van der Waals surface area contributed by atoms with E-state index in [1.165, 1.54) is 0 Å². The van der Waals surface area contributed by atoms with Gasteiger partial charge in [0.05, 0.1) is 11.6 Å². The molecule has 0 aliphatic heterocycles. The molecule has 0 aliphatic carbocycles. The number of hydrogen-bond acceptors (Lipinski definition) is 2. The largest absolute Gasteiger partial charge is 0.351 e. The lowest BCUT2D eigenvalue weighted by atomic mass is 9.95. The minimum absolute atomic E-state index is 0.0404. The maximum absolute atomic E-state index is 11.7. The highest BCUT2D eigenvalue weighted by Gasteiger charge is 2.25. The Morgan fingerprint density at radius 1 is 1.67 bits per heavy atom. The average Bonchev–Trinajstić information content (AvgIpc) is 2.60. The standard InChI is InChI=1S/C10H16ClN3O/c1-10(2,7-11)9(15)12-4-8-5-13-14(3)6-8/h5-6H,4,7H2,1-3H3,(H,12,15). The lowest BCUT2D eigenvalue weighted by Crippen LogP contribution is -2.37. The molecule has 0 bridgehead atoms. The molecule has 0 spiro atoms. The van der Waals surface area contributed by atoms with Crippen molar-refractivity contribution in [1.82, 2.24) is 15.1 Å². The average molecular weight is 230 g/mol. The van der Waals surface area contributed by atoms with Crippen molar-refractivity contribution >= 4 is 17.5 Å². The molecule has 4 nitrogen and oxygen atoms in total. The summed E-state index contributed by atoms with van der Waals surface area (Å²) in [6, 6.07) is 0. The van der Waals surface area contributed by atoms with E-state index in [0.717, 1.165) is 5.56 Å². The van der Waals surface area contributed by atoms with E-state index in [-0.39, 0.29) is 5.91 Å². The van der Waals surface area contributed by atoms with Crippen LogP contribution >= 0.6 is 11.6 Å². The second kappa shape index (κ2) is 4.66. The molecule has 0 aliphatic rings. The Labute approximate surface area is 94.6 Å². The molecule has 1 rings (SSSR count). The van der Waals surface area contributed by atoms with Gasteiger partial charge in [0.1, 0.15) is 0 Å². The van der Waals surface area contributed by atoms with Crippen LogP contribution in [0.25, 0.3) is 0 Å². The third kappa shape index (κ3) is 3.23. The van der Waals surface area contributed by atoms with E-state index < -0.39 is 5.41 Å². The first-order valence-corrected chi connectivity index (χ1v) is 5.31. The summed E-state index contributed by atoms with van der Waals surface area (Å²) >= 11 is 5.70. The normalized spacial score (nSPS) is 11.5. The first kappa shape index (κ1) is 12.0. The molecule has 1 heterocycles. The number of aryl methyl sites for hydroxylation is 1. The highest BCUT2D eigenvalue weighted by molar-refractivity contribution is 6.19. The second-order valence-corrected chi connectivity index (χ2v) is 4.49. The molecular formula is C10H16ClN3O. The predicted molar refractivity (Wildman–Crippen MR) is 59.6 cm³/mol. The van der Waals surface area contributed by atoms with E-state index in [4.69, 9.17) is 11.6 Å². The fourth-order valence-corrected chi connectivity index (χ4v) is 1.17. The van der Waals surface area contributed by atoms with Crippen molar-refractivity contribution in [3.05, 3.63) is 18.0 Å². The molecular weight excluding hydrogens is 214 g/mol. The Kier molecular flexibility index (Phi) is 3.74. The van der Waals surface area contributed by atoms with Crippen LogP contribution in [0.5, 0.6) is 0 Å². The van der Waals surface area contributed by atoms with E-state index in [9.17, 15) is 4.79 Å². The van der Waals surface area contributed by atoms with Gasteiger partial charge in [-0.15, -0.1) is 11.6 Å². The van der Waals surface area contributed by atoms with Crippen LogP contribution in [-0.4, -0.2) is 21.6 Å². The number of carbonyl (C=O) groups excluding carboxylic acids is 1. The highest BCUT2D eigenvalue weighted by atomic mass is 35.5. The van der Waals surface area contributed by atoms with Crippen molar-refractivity contribution in [3.8, 4) is 0 Å². The Balaban J connectivity index is 2.47. The predicted octanol–water partition coefficient (Wildman–Crippen LogP) is 1.30. The SMILES string of the molecule is Cn1cc(CNC(=O)C(C)(C)CCl)cn1. The van der Waals surface area contributed by atoms with E-state index in [1.807, 2.05) is 27.1 Å². The molecule has 0 atom stereocenters. The van der Waals surface area contributed by atoms with Crippen molar-refractivity contribution in [2.24, 2.45) is 12.5 Å². The smallest absolute Gasteiger partial charge is 0.227 e. The summed E-state index contributed by atoms with van der Waals surface area (Å²) in [5.74, 6) is 0.271. The lowest BCUT2D eigenvalue weighted by molar-refractivity contribution is -0.128. The van der Waals surface area contributed by atoms with Crippen LogP contribution in [0.2, 0.25) is 0 Å². The van der Waals surface area contributed by atoms with Crippen LogP contribution in [0.3, 0.4) is 0 Å². The molecule has 15 heavy (non-hydrogen) atoms. The van der Waals surface area contributed by atoms with Gasteiger partial charge in [-0.2, -0.15) is 5.10 Å². The topological polar surface area (TPSA) is 46.9 Å². The van der Waals surface area contributed by atoms with Crippen molar-refractivity contribution in [2.75, 3.05) is 5.88 Å². The molecule has 0 unspecified atom stereocenters. The van der Waals surface area contributed by atoms with Gasteiger partial charge < -0.3 is 5.32 Å². The summed E-state index contributed by atoms with van der Waals surface area (Å²) in [5, 5.41) is 6.84. The first-order valence-electron chi connectivity index (χ1n) is 4.77. The van der Waals surface area contributed by atoms with Crippen molar-refractivity contribution in [2.45, 2.75) is 20.4 Å². The fraction of sp³-hybridized carbons (Fsp3) is 0.600. The van der Waals surface area contributed by atoms with Crippen LogP contribution in [0.15, 0.2) is 12.4 Å². The van der Waals surface area contributed by atoms with Crippen LogP contribution in [0.4, 0.5) is 0 Å². The van der Waals surface area contributed by atoms with Gasteiger partial charge in [-0.25, -0.2) is 0 Å². The number of hydrogen-bond donors (Lipinski definition) is 1. The van der Waals surface area contributed by atoms with Crippen molar-refractivity contribution in [1.29, 1.82) is 0 Å². The minimum Gasteiger partial charge on any atom is -0.351 e. The number of rotatable bonds is 4. The molecule has 5 heteroatoms. The Bertz CT molecular complexity index is 346. The summed E-state index contributed by atoms with van der Waals surface area (Å²) in [7, 11) is 1.84. The van der Waals surface area contributed by atoms with Gasteiger partial charge in [-0.05, 0) is 13.8 Å². The zero-order valence-corrected chi connectivity index (χ0v) is 10.0. The number of nitrogens with one attached hydrogen (secondary N) is 1. The van der Waals surface area contributed by atoms with Crippen molar-refractivity contribution < 1.29 is 4.79 Å². The molecule has 1 aromatic rings. The van der Waals surface area contributed by atoms with Gasteiger partial charge in [0.15, 0.2) is 0 Å². The number of halogens is 1. The summed E-state index contributed by atoms with van der Waals surface area (Å²) in [6.45, 7) is 4.13. The van der Waals surface area contributed by atoms with E-state index >= 15 is 0 Å². The third-order valence-corrected chi connectivity index (χ3v) is 2.83. The van der Waals surface area contributed by atoms with Crippen LogP contribution < -0.4 is 5.32 Å². The first-order chi connectivity index (χ1) is 6.95. The van der Waals surface area contributed by atoms with E-state index in [0.29, 0.717) is 12.4 Å². The second-order valence-electron chi connectivity index (χ2n) is 4.22. The Morgan fingerprint density at radius 3 is 2.80 bits per heavy atom. The number of amides is 1. The highest BCUT2D eigenvalue weighted by Crippen LogP contribution is 2.16. The molecule has 0 fully saturated rings. The molecule has 1 N–H and O–H groups in total. The Morgan fingerprint density at radius 2 is 2.33 bits per heavy atom. The van der Waals surface area contributed by atoms with E-state index in [2.05, 4.69) is 10.4 Å². The maximum atomic E-state index is 11.7.